The lowest BCUT2D eigenvalue weighted by Crippen LogP contribution is -2.44. The minimum atomic E-state index is -0.300. The number of carbonyl (C=O) groups excluding carboxylic acids is 1. The maximum atomic E-state index is 11.8. The average Bonchev–Trinajstić information content (AvgIpc) is 2.70. The van der Waals surface area contributed by atoms with Gasteiger partial charge in [0.15, 0.2) is 0 Å². The minimum Gasteiger partial charge on any atom is -0.325 e. The molecule has 1 fully saturated rings. The Bertz CT molecular complexity index is 341. The molecule has 2 rings (SSSR count). The Morgan fingerprint density at radius 2 is 2.25 bits per heavy atom. The SMILES string of the molecule is NC1(CC(=O)Nc2cn[nH]c2)CCCCC1. The molecule has 0 aliphatic heterocycles. The Kier molecular flexibility index (Phi) is 3.24. The van der Waals surface area contributed by atoms with E-state index in [-0.39, 0.29) is 11.4 Å². The molecule has 0 unspecified atom stereocenters. The Morgan fingerprint density at radius 1 is 1.50 bits per heavy atom. The van der Waals surface area contributed by atoms with Crippen molar-refractivity contribution in [1.29, 1.82) is 0 Å². The van der Waals surface area contributed by atoms with Gasteiger partial charge in [-0.05, 0) is 12.8 Å². The van der Waals surface area contributed by atoms with Gasteiger partial charge in [0.1, 0.15) is 0 Å². The summed E-state index contributed by atoms with van der Waals surface area (Å²) in [6, 6.07) is 0. The van der Waals surface area contributed by atoms with E-state index >= 15 is 0 Å². The predicted molar refractivity (Wildman–Crippen MR) is 61.8 cm³/mol. The lowest BCUT2D eigenvalue weighted by molar-refractivity contribution is -0.117. The molecule has 1 heterocycles. The first-order valence-electron chi connectivity index (χ1n) is 5.75. The van der Waals surface area contributed by atoms with E-state index in [1.807, 2.05) is 0 Å². The number of nitrogens with zero attached hydrogens (tertiary/aromatic N) is 1. The number of amides is 1. The van der Waals surface area contributed by atoms with Crippen LogP contribution in [0.2, 0.25) is 0 Å². The second-order valence-electron chi connectivity index (χ2n) is 4.63. The van der Waals surface area contributed by atoms with E-state index in [1.165, 1.54) is 6.42 Å². The fraction of sp³-hybridized carbons (Fsp3) is 0.636. The summed E-state index contributed by atoms with van der Waals surface area (Å²) in [7, 11) is 0. The van der Waals surface area contributed by atoms with Crippen molar-refractivity contribution in [2.24, 2.45) is 5.73 Å². The summed E-state index contributed by atoms with van der Waals surface area (Å²) in [6.07, 6.45) is 9.05. The number of nitrogens with two attached hydrogens (primary N) is 1. The van der Waals surface area contributed by atoms with Gasteiger partial charge in [0.2, 0.25) is 5.91 Å². The van der Waals surface area contributed by atoms with Gasteiger partial charge in [-0.15, -0.1) is 0 Å². The highest BCUT2D eigenvalue weighted by molar-refractivity contribution is 5.91. The molecule has 1 saturated carbocycles. The number of H-pyrrole nitrogens is 1. The maximum absolute atomic E-state index is 11.8. The van der Waals surface area contributed by atoms with Crippen molar-refractivity contribution in [3.63, 3.8) is 0 Å². The second kappa shape index (κ2) is 4.65. The number of nitrogens with one attached hydrogen (secondary N) is 2. The molecule has 1 aromatic heterocycles. The van der Waals surface area contributed by atoms with Crippen LogP contribution in [0.1, 0.15) is 38.5 Å². The van der Waals surface area contributed by atoms with Crippen LogP contribution in [-0.2, 0) is 4.79 Å². The van der Waals surface area contributed by atoms with Crippen LogP contribution in [0, 0.1) is 0 Å². The van der Waals surface area contributed by atoms with E-state index in [2.05, 4.69) is 15.5 Å². The number of aromatic nitrogens is 2. The summed E-state index contributed by atoms with van der Waals surface area (Å²) in [6.45, 7) is 0. The summed E-state index contributed by atoms with van der Waals surface area (Å²) in [5.74, 6) is -0.0224. The van der Waals surface area contributed by atoms with Crippen LogP contribution in [0.4, 0.5) is 5.69 Å². The van der Waals surface area contributed by atoms with Crippen LogP contribution in [0.5, 0.6) is 0 Å². The summed E-state index contributed by atoms with van der Waals surface area (Å²) in [5, 5.41) is 9.20. The molecule has 1 aliphatic carbocycles. The van der Waals surface area contributed by atoms with Gasteiger partial charge in [-0.25, -0.2) is 0 Å². The Labute approximate surface area is 94.8 Å². The molecule has 1 aromatic rings. The third kappa shape index (κ3) is 2.82. The van der Waals surface area contributed by atoms with Crippen molar-refractivity contribution in [3.05, 3.63) is 12.4 Å². The van der Waals surface area contributed by atoms with Gasteiger partial charge in [-0.3, -0.25) is 9.89 Å². The zero-order valence-electron chi connectivity index (χ0n) is 9.33. The standard InChI is InChI=1S/C11H18N4O/c12-11(4-2-1-3-5-11)6-10(16)15-9-7-13-14-8-9/h7-8H,1-6,12H2,(H,13,14)(H,15,16). The number of carbonyl (C=O) groups is 1. The fourth-order valence-electron chi connectivity index (χ4n) is 2.28. The van der Waals surface area contributed by atoms with E-state index in [1.54, 1.807) is 12.4 Å². The van der Waals surface area contributed by atoms with Crippen molar-refractivity contribution in [1.82, 2.24) is 10.2 Å². The van der Waals surface area contributed by atoms with Crippen LogP contribution in [0.3, 0.4) is 0 Å². The number of hydrogen-bond donors (Lipinski definition) is 3. The molecule has 5 nitrogen and oxygen atoms in total. The number of aromatic amines is 1. The highest BCUT2D eigenvalue weighted by Crippen LogP contribution is 2.28. The van der Waals surface area contributed by atoms with Gasteiger partial charge in [0.25, 0.3) is 0 Å². The lowest BCUT2D eigenvalue weighted by atomic mass is 9.80. The van der Waals surface area contributed by atoms with Crippen LogP contribution in [0.15, 0.2) is 12.4 Å². The van der Waals surface area contributed by atoms with Crippen molar-refractivity contribution in [2.45, 2.75) is 44.1 Å². The molecule has 16 heavy (non-hydrogen) atoms. The third-order valence-corrected chi connectivity index (χ3v) is 3.14. The Balaban J connectivity index is 1.86. The molecule has 1 aliphatic rings. The minimum absolute atomic E-state index is 0.0224. The van der Waals surface area contributed by atoms with Crippen molar-refractivity contribution < 1.29 is 4.79 Å². The summed E-state index contributed by atoms with van der Waals surface area (Å²) in [4.78, 5) is 11.8. The molecule has 0 bridgehead atoms. The van der Waals surface area contributed by atoms with Crippen molar-refractivity contribution in [2.75, 3.05) is 5.32 Å². The van der Waals surface area contributed by atoms with Crippen molar-refractivity contribution >= 4 is 11.6 Å². The highest BCUT2D eigenvalue weighted by Gasteiger charge is 2.29. The molecule has 4 N–H and O–H groups in total. The molecule has 0 saturated heterocycles. The molecule has 5 heteroatoms. The number of anilines is 1. The van der Waals surface area contributed by atoms with E-state index in [4.69, 9.17) is 5.73 Å². The average molecular weight is 222 g/mol. The van der Waals surface area contributed by atoms with Gasteiger partial charge in [-0.2, -0.15) is 5.10 Å². The van der Waals surface area contributed by atoms with Crippen LogP contribution in [-0.4, -0.2) is 21.6 Å². The second-order valence-corrected chi connectivity index (χ2v) is 4.63. The van der Waals surface area contributed by atoms with Crippen LogP contribution >= 0.6 is 0 Å². The van der Waals surface area contributed by atoms with Crippen LogP contribution < -0.4 is 11.1 Å². The summed E-state index contributed by atoms with van der Waals surface area (Å²) < 4.78 is 0. The van der Waals surface area contributed by atoms with Gasteiger partial charge in [0, 0.05) is 18.2 Å². The molecular weight excluding hydrogens is 204 g/mol. The normalized spacial score (nSPS) is 19.3. The van der Waals surface area contributed by atoms with E-state index in [0.717, 1.165) is 25.7 Å². The lowest BCUT2D eigenvalue weighted by Gasteiger charge is -2.32. The van der Waals surface area contributed by atoms with Gasteiger partial charge in [-0.1, -0.05) is 19.3 Å². The van der Waals surface area contributed by atoms with Gasteiger partial charge in [0.05, 0.1) is 11.9 Å². The number of hydrogen-bond acceptors (Lipinski definition) is 3. The molecule has 0 atom stereocenters. The van der Waals surface area contributed by atoms with Crippen molar-refractivity contribution in [3.8, 4) is 0 Å². The first kappa shape index (κ1) is 11.1. The molecule has 0 radical (unpaired) electrons. The highest BCUT2D eigenvalue weighted by atomic mass is 16.1. The van der Waals surface area contributed by atoms with Crippen LogP contribution in [0.25, 0.3) is 0 Å². The van der Waals surface area contributed by atoms with E-state index < -0.39 is 0 Å². The Hall–Kier alpha value is -1.36. The molecule has 0 spiro atoms. The summed E-state index contributed by atoms with van der Waals surface area (Å²) >= 11 is 0. The predicted octanol–water partition coefficient (Wildman–Crippen LogP) is 1.40. The molecule has 0 aromatic carbocycles. The maximum Gasteiger partial charge on any atom is 0.226 e. The van der Waals surface area contributed by atoms with Gasteiger partial charge >= 0.3 is 0 Å². The quantitative estimate of drug-likeness (QED) is 0.722. The van der Waals surface area contributed by atoms with Gasteiger partial charge < -0.3 is 11.1 Å². The smallest absolute Gasteiger partial charge is 0.226 e. The first-order valence-corrected chi connectivity index (χ1v) is 5.75. The fourth-order valence-corrected chi connectivity index (χ4v) is 2.28. The summed E-state index contributed by atoms with van der Waals surface area (Å²) in [5.41, 5.74) is 6.60. The van der Waals surface area contributed by atoms with E-state index in [9.17, 15) is 4.79 Å². The largest absolute Gasteiger partial charge is 0.325 e. The van der Waals surface area contributed by atoms with E-state index in [0.29, 0.717) is 12.1 Å². The molecular formula is C11H18N4O. The first-order chi connectivity index (χ1) is 7.68. The molecule has 88 valence electrons. The zero-order valence-corrected chi connectivity index (χ0v) is 9.33. The zero-order chi connectivity index (χ0) is 11.4. The molecule has 1 amide bonds. The monoisotopic (exact) mass is 222 g/mol. The third-order valence-electron chi connectivity index (χ3n) is 3.14. The number of rotatable bonds is 3. The topological polar surface area (TPSA) is 83.8 Å². The Morgan fingerprint density at radius 3 is 2.88 bits per heavy atom.